The minimum absolute atomic E-state index is 0.0588. The fourth-order valence-electron chi connectivity index (χ4n) is 3.93. The number of hydrogen-bond acceptors (Lipinski definition) is 6. The van der Waals surface area contributed by atoms with Gasteiger partial charge in [0.25, 0.3) is 0 Å². The van der Waals surface area contributed by atoms with Gasteiger partial charge < -0.3 is 9.52 Å². The minimum Gasteiger partial charge on any atom is -0.472 e. The summed E-state index contributed by atoms with van der Waals surface area (Å²) in [6.45, 7) is 0.233. The summed E-state index contributed by atoms with van der Waals surface area (Å²) in [6, 6.07) is 18.3. The maximum absolute atomic E-state index is 13.3. The topological polar surface area (TPSA) is 87.8 Å². The second kappa shape index (κ2) is 10.0. The molecule has 1 aliphatic heterocycles. The van der Waals surface area contributed by atoms with Crippen LogP contribution in [0.4, 0.5) is 0 Å². The molecule has 4 rings (SSSR count). The molecule has 0 aliphatic carbocycles. The van der Waals surface area contributed by atoms with Gasteiger partial charge in [0.15, 0.2) is 5.78 Å². The number of ketones is 1. The second-order valence-electron chi connectivity index (χ2n) is 7.67. The Morgan fingerprint density at radius 2 is 1.81 bits per heavy atom. The minimum atomic E-state index is -3.81. The van der Waals surface area contributed by atoms with Crippen LogP contribution in [0.5, 0.6) is 0 Å². The molecule has 1 N–H and O–H groups in total. The van der Waals surface area contributed by atoms with Crippen molar-refractivity contribution in [1.82, 2.24) is 4.31 Å². The smallest absolute Gasteiger partial charge is 0.244 e. The molecule has 0 spiro atoms. The summed E-state index contributed by atoms with van der Waals surface area (Å²) in [6.07, 6.45) is 3.66. The molecule has 0 bridgehead atoms. The van der Waals surface area contributed by atoms with Gasteiger partial charge in [0.05, 0.1) is 17.4 Å². The first-order chi connectivity index (χ1) is 15.5. The molecule has 2 atom stereocenters. The van der Waals surface area contributed by atoms with Crippen LogP contribution in [0.15, 0.2) is 82.5 Å². The van der Waals surface area contributed by atoms with E-state index in [4.69, 9.17) is 4.42 Å². The molecule has 6 nitrogen and oxygen atoms in total. The summed E-state index contributed by atoms with van der Waals surface area (Å²) in [5, 5.41) is 8.63. The van der Waals surface area contributed by atoms with Crippen molar-refractivity contribution in [2.24, 2.45) is 0 Å². The molecule has 0 amide bonds. The van der Waals surface area contributed by atoms with Crippen LogP contribution in [0.1, 0.15) is 24.3 Å². The van der Waals surface area contributed by atoms with Crippen LogP contribution in [0.2, 0.25) is 0 Å². The molecule has 1 fully saturated rings. The summed E-state index contributed by atoms with van der Waals surface area (Å²) in [5.74, 6) is 0.201. The number of Topliss-reactive ketones (excluding diaryl/α,β-unsaturated/α-hetero) is 1. The molecule has 168 valence electrons. The van der Waals surface area contributed by atoms with Crippen LogP contribution in [-0.4, -0.2) is 47.9 Å². The molecule has 8 heteroatoms. The van der Waals surface area contributed by atoms with Gasteiger partial charge in [0.2, 0.25) is 10.0 Å². The average molecular weight is 472 g/mol. The third-order valence-corrected chi connectivity index (χ3v) is 8.90. The molecule has 2 aromatic carbocycles. The number of rotatable bonds is 9. The van der Waals surface area contributed by atoms with E-state index in [1.54, 1.807) is 36.6 Å². The highest BCUT2D eigenvalue weighted by Gasteiger charge is 2.40. The highest BCUT2D eigenvalue weighted by atomic mass is 32.2. The zero-order valence-corrected chi connectivity index (χ0v) is 19.1. The van der Waals surface area contributed by atoms with Crippen molar-refractivity contribution in [3.05, 3.63) is 78.8 Å². The van der Waals surface area contributed by atoms with Crippen molar-refractivity contribution in [1.29, 1.82) is 0 Å². The van der Waals surface area contributed by atoms with E-state index in [0.717, 1.165) is 16.7 Å². The average Bonchev–Trinajstić information content (AvgIpc) is 3.52. The van der Waals surface area contributed by atoms with Gasteiger partial charge in [-0.05, 0) is 47.2 Å². The molecule has 2 unspecified atom stereocenters. The van der Waals surface area contributed by atoms with Crippen molar-refractivity contribution in [3.8, 4) is 11.1 Å². The maximum Gasteiger partial charge on any atom is 0.244 e. The van der Waals surface area contributed by atoms with E-state index in [9.17, 15) is 18.3 Å². The summed E-state index contributed by atoms with van der Waals surface area (Å²) < 4.78 is 33.1. The largest absolute Gasteiger partial charge is 0.472 e. The van der Waals surface area contributed by atoms with Crippen LogP contribution < -0.4 is 0 Å². The van der Waals surface area contributed by atoms with Crippen LogP contribution in [0.25, 0.3) is 11.1 Å². The fourth-order valence-corrected chi connectivity index (χ4v) is 7.10. The molecular formula is C24H25NO5S2. The Kier molecular flexibility index (Phi) is 7.15. The van der Waals surface area contributed by atoms with Crippen molar-refractivity contribution in [2.75, 3.05) is 18.9 Å². The maximum atomic E-state index is 13.3. The lowest BCUT2D eigenvalue weighted by atomic mass is 9.93. The van der Waals surface area contributed by atoms with Gasteiger partial charge in [0, 0.05) is 25.3 Å². The number of nitrogens with zero attached hydrogens (tertiary/aromatic N) is 1. The zero-order valence-electron chi connectivity index (χ0n) is 17.5. The van der Waals surface area contributed by atoms with Crippen molar-refractivity contribution in [2.45, 2.75) is 29.0 Å². The summed E-state index contributed by atoms with van der Waals surface area (Å²) in [4.78, 5) is 13.3. The quantitative estimate of drug-likeness (QED) is 0.505. The van der Waals surface area contributed by atoms with Crippen LogP contribution >= 0.6 is 11.8 Å². The number of aliphatic hydroxyl groups excluding tert-OH is 1. The number of aliphatic hydroxyl groups is 1. The summed E-state index contributed by atoms with van der Waals surface area (Å²) >= 11 is 1.35. The Hall–Kier alpha value is -2.39. The van der Waals surface area contributed by atoms with E-state index < -0.39 is 15.4 Å². The van der Waals surface area contributed by atoms with Crippen LogP contribution in [0, 0.1) is 0 Å². The molecule has 0 saturated carbocycles. The lowest BCUT2D eigenvalue weighted by Gasteiger charge is -2.24. The number of furan rings is 1. The highest BCUT2D eigenvalue weighted by molar-refractivity contribution is 8.02. The molecule has 1 saturated heterocycles. The molecule has 3 aromatic rings. The Morgan fingerprint density at radius 1 is 1.09 bits per heavy atom. The first-order valence-electron chi connectivity index (χ1n) is 10.5. The Labute approximate surface area is 192 Å². The summed E-state index contributed by atoms with van der Waals surface area (Å²) in [7, 11) is -3.81. The lowest BCUT2D eigenvalue weighted by molar-refractivity contribution is -0.120. The Bertz CT molecular complexity index is 1130. The first-order valence-corrected chi connectivity index (χ1v) is 12.9. The van der Waals surface area contributed by atoms with Crippen molar-refractivity contribution >= 4 is 27.6 Å². The summed E-state index contributed by atoms with van der Waals surface area (Å²) in [5.41, 5.74) is 2.77. The van der Waals surface area contributed by atoms with Gasteiger partial charge in [-0.25, -0.2) is 8.42 Å². The van der Waals surface area contributed by atoms with Crippen molar-refractivity contribution < 1.29 is 22.7 Å². The number of carbonyl (C=O) groups is 1. The number of hydrogen-bond donors (Lipinski definition) is 1. The Balaban J connectivity index is 1.52. The van der Waals surface area contributed by atoms with Gasteiger partial charge in [-0.2, -0.15) is 4.31 Å². The fraction of sp³-hybridized carbons (Fsp3) is 0.292. The number of thioether (sulfide) groups is 1. The predicted octanol–water partition coefficient (Wildman–Crippen LogP) is 4.14. The van der Waals surface area contributed by atoms with Crippen molar-refractivity contribution in [3.63, 3.8) is 0 Å². The van der Waals surface area contributed by atoms with E-state index in [2.05, 4.69) is 0 Å². The normalized spacial score (nSPS) is 18.0. The van der Waals surface area contributed by atoms with Crippen LogP contribution in [0.3, 0.4) is 0 Å². The van der Waals surface area contributed by atoms with E-state index in [-0.39, 0.29) is 29.6 Å². The predicted molar refractivity (Wildman–Crippen MR) is 125 cm³/mol. The molecule has 1 aliphatic rings. The molecule has 1 aromatic heterocycles. The molecular weight excluding hydrogens is 446 g/mol. The standard InChI is InChI=1S/C24H25NO5S2/c26-13-10-20(21-11-14-30-17-21)16-23(27)24-25(12-15-31-24)32(28,29)22-8-6-19(7-9-22)18-4-2-1-3-5-18/h1-9,11,14,17,20,24,26H,10,12-13,15-16H2. The molecule has 32 heavy (non-hydrogen) atoms. The third kappa shape index (κ3) is 4.83. The van der Waals surface area contributed by atoms with Gasteiger partial charge >= 0.3 is 0 Å². The molecule has 0 radical (unpaired) electrons. The molecule has 2 heterocycles. The van der Waals surface area contributed by atoms with Gasteiger partial charge in [-0.3, -0.25) is 4.79 Å². The van der Waals surface area contributed by atoms with Gasteiger partial charge in [0.1, 0.15) is 5.37 Å². The van der Waals surface area contributed by atoms with Gasteiger partial charge in [-0.15, -0.1) is 11.8 Å². The SMILES string of the molecule is O=C(CC(CCO)c1ccoc1)C1SCCN1S(=O)(=O)c1ccc(-c2ccccc2)cc1. The Morgan fingerprint density at radius 3 is 2.47 bits per heavy atom. The lowest BCUT2D eigenvalue weighted by Crippen LogP contribution is -2.39. The third-order valence-electron chi connectivity index (χ3n) is 5.63. The number of benzene rings is 2. The first kappa shape index (κ1) is 22.8. The van der Waals surface area contributed by atoms with E-state index in [1.807, 2.05) is 30.3 Å². The second-order valence-corrected chi connectivity index (χ2v) is 10.7. The van der Waals surface area contributed by atoms with E-state index in [1.165, 1.54) is 22.3 Å². The van der Waals surface area contributed by atoms with E-state index >= 15 is 0 Å². The zero-order chi connectivity index (χ0) is 22.6. The van der Waals surface area contributed by atoms with E-state index in [0.29, 0.717) is 18.7 Å². The highest BCUT2D eigenvalue weighted by Crippen LogP contribution is 2.34. The monoisotopic (exact) mass is 471 g/mol. The number of carbonyl (C=O) groups excluding carboxylic acids is 1. The van der Waals surface area contributed by atoms with Gasteiger partial charge in [-0.1, -0.05) is 42.5 Å². The van der Waals surface area contributed by atoms with Crippen LogP contribution in [-0.2, 0) is 14.8 Å². The number of sulfonamides is 1.